The van der Waals surface area contributed by atoms with E-state index in [4.69, 9.17) is 0 Å². The van der Waals surface area contributed by atoms with Crippen LogP contribution < -0.4 is 5.32 Å². The fourth-order valence-corrected chi connectivity index (χ4v) is 3.24. The van der Waals surface area contributed by atoms with E-state index in [-0.39, 0.29) is 0 Å². The van der Waals surface area contributed by atoms with E-state index >= 15 is 0 Å². The van der Waals surface area contributed by atoms with Gasteiger partial charge in [-0.1, -0.05) is 18.2 Å². The zero-order chi connectivity index (χ0) is 10.7. The Bertz CT molecular complexity index is 312. The summed E-state index contributed by atoms with van der Waals surface area (Å²) in [5.74, 6) is 0.901. The lowest BCUT2D eigenvalue weighted by atomic mass is 9.95. The van der Waals surface area contributed by atoms with Crippen LogP contribution in [-0.4, -0.2) is 33.5 Å². The third kappa shape index (κ3) is 2.95. The Kier molecular flexibility index (Phi) is 3.64. The fraction of sp³-hybridized carbons (Fsp3) is 0.800. The number of thioether (sulfide) groups is 1. The van der Waals surface area contributed by atoms with Crippen LogP contribution in [0.25, 0.3) is 0 Å². The van der Waals surface area contributed by atoms with Crippen molar-refractivity contribution < 1.29 is 0 Å². The highest BCUT2D eigenvalue weighted by molar-refractivity contribution is 7.99. The second-order valence-electron chi connectivity index (χ2n) is 4.10. The van der Waals surface area contributed by atoms with Crippen LogP contribution in [0.15, 0.2) is 5.16 Å². The Morgan fingerprint density at radius 1 is 1.47 bits per heavy atom. The summed E-state index contributed by atoms with van der Waals surface area (Å²) in [6.07, 6.45) is 5.14. The third-order valence-corrected chi connectivity index (χ3v) is 4.04. The average molecular weight is 226 g/mol. The van der Waals surface area contributed by atoms with Gasteiger partial charge in [-0.2, -0.15) is 0 Å². The minimum absolute atomic E-state index is 0.673. The van der Waals surface area contributed by atoms with Gasteiger partial charge in [-0.3, -0.25) is 5.10 Å². The molecule has 2 N–H and O–H groups in total. The van der Waals surface area contributed by atoms with Gasteiger partial charge in [-0.15, -0.1) is 5.10 Å². The lowest BCUT2D eigenvalue weighted by molar-refractivity contribution is 0.402. The van der Waals surface area contributed by atoms with Gasteiger partial charge < -0.3 is 5.32 Å². The van der Waals surface area contributed by atoms with Gasteiger partial charge in [0.2, 0.25) is 5.16 Å². The lowest BCUT2D eigenvalue weighted by Crippen LogP contribution is -2.32. The molecule has 2 rings (SSSR count). The molecule has 1 aromatic rings. The zero-order valence-corrected chi connectivity index (χ0v) is 10.1. The number of H-pyrrole nitrogens is 1. The van der Waals surface area contributed by atoms with E-state index in [0.717, 1.165) is 11.0 Å². The summed E-state index contributed by atoms with van der Waals surface area (Å²) in [6.45, 7) is 1.94. The molecule has 4 nitrogen and oxygen atoms in total. The molecule has 1 saturated carbocycles. The number of aromatic amines is 1. The topological polar surface area (TPSA) is 53.6 Å². The molecular weight excluding hydrogens is 208 g/mol. The van der Waals surface area contributed by atoms with Crippen molar-refractivity contribution in [3.63, 3.8) is 0 Å². The summed E-state index contributed by atoms with van der Waals surface area (Å²) in [5.41, 5.74) is 0. The van der Waals surface area contributed by atoms with Gasteiger partial charge in [0.25, 0.3) is 0 Å². The first-order chi connectivity index (χ1) is 7.28. The summed E-state index contributed by atoms with van der Waals surface area (Å²) >= 11 is 1.81. The lowest BCUT2D eigenvalue weighted by Gasteiger charge is -2.27. The molecular formula is C10H18N4S. The molecule has 0 aromatic carbocycles. The molecule has 1 aliphatic rings. The summed E-state index contributed by atoms with van der Waals surface area (Å²) in [5, 5.41) is 12.0. The van der Waals surface area contributed by atoms with E-state index in [1.54, 1.807) is 0 Å². The molecule has 0 radical (unpaired) electrons. The number of aromatic nitrogens is 3. The molecule has 15 heavy (non-hydrogen) atoms. The van der Waals surface area contributed by atoms with Crippen molar-refractivity contribution in [2.45, 2.75) is 49.1 Å². The maximum absolute atomic E-state index is 4.33. The van der Waals surface area contributed by atoms with Gasteiger partial charge in [-0.25, -0.2) is 4.98 Å². The van der Waals surface area contributed by atoms with E-state index in [2.05, 4.69) is 27.5 Å². The van der Waals surface area contributed by atoms with Crippen molar-refractivity contribution >= 4 is 11.8 Å². The van der Waals surface area contributed by atoms with Crippen molar-refractivity contribution in [3.05, 3.63) is 5.82 Å². The van der Waals surface area contributed by atoms with E-state index in [9.17, 15) is 0 Å². The smallest absolute Gasteiger partial charge is 0.208 e. The van der Waals surface area contributed by atoms with Gasteiger partial charge in [0.1, 0.15) is 5.82 Å². The van der Waals surface area contributed by atoms with Gasteiger partial charge in [0, 0.05) is 11.3 Å². The fourth-order valence-electron chi connectivity index (χ4n) is 2.04. The predicted octanol–water partition coefficient (Wildman–Crippen LogP) is 1.74. The Labute approximate surface area is 94.6 Å². The molecule has 1 aliphatic carbocycles. The van der Waals surface area contributed by atoms with Crippen LogP contribution in [0, 0.1) is 6.92 Å². The van der Waals surface area contributed by atoms with E-state index in [1.165, 1.54) is 25.7 Å². The molecule has 0 amide bonds. The minimum atomic E-state index is 0.673. The molecule has 1 aromatic heterocycles. The van der Waals surface area contributed by atoms with Crippen LogP contribution in [-0.2, 0) is 0 Å². The number of nitrogens with zero attached hydrogens (tertiary/aromatic N) is 2. The Hall–Kier alpha value is -0.550. The predicted molar refractivity (Wildman–Crippen MR) is 62.1 cm³/mol. The first-order valence-electron chi connectivity index (χ1n) is 5.51. The number of hydrogen-bond donors (Lipinski definition) is 2. The van der Waals surface area contributed by atoms with Crippen LogP contribution in [0.1, 0.15) is 31.5 Å². The molecule has 5 heteroatoms. The molecule has 2 atom stereocenters. The van der Waals surface area contributed by atoms with Crippen LogP contribution in [0.2, 0.25) is 0 Å². The third-order valence-electron chi connectivity index (χ3n) is 2.88. The molecule has 2 unspecified atom stereocenters. The number of aryl methyl sites for hydroxylation is 1. The van der Waals surface area contributed by atoms with Crippen molar-refractivity contribution in [3.8, 4) is 0 Å². The standard InChI is InChI=1S/C10H18N4S/c1-7-12-10(14-13-7)15-9-5-3-4-8(6-9)11-2/h8-9,11H,3-6H2,1-2H3,(H,12,13,14). The molecule has 0 bridgehead atoms. The Balaban J connectivity index is 1.88. The molecule has 84 valence electrons. The second kappa shape index (κ2) is 4.99. The molecule has 0 saturated heterocycles. The first-order valence-corrected chi connectivity index (χ1v) is 6.39. The van der Waals surface area contributed by atoms with Gasteiger partial charge >= 0.3 is 0 Å². The SMILES string of the molecule is CNC1CCCC(Sc2n[nH]c(C)n2)C1. The normalized spacial score (nSPS) is 26.8. The average Bonchev–Trinajstić information content (AvgIpc) is 2.64. The summed E-state index contributed by atoms with van der Waals surface area (Å²) in [7, 11) is 2.05. The van der Waals surface area contributed by atoms with Gasteiger partial charge in [0.05, 0.1) is 0 Å². The highest BCUT2D eigenvalue weighted by Crippen LogP contribution is 2.31. The molecule has 1 fully saturated rings. The number of rotatable bonds is 3. The largest absolute Gasteiger partial charge is 0.317 e. The second-order valence-corrected chi connectivity index (χ2v) is 5.36. The maximum atomic E-state index is 4.33. The molecule has 0 aliphatic heterocycles. The summed E-state index contributed by atoms with van der Waals surface area (Å²) in [6, 6.07) is 0.677. The van der Waals surface area contributed by atoms with E-state index in [1.807, 2.05) is 18.7 Å². The van der Waals surface area contributed by atoms with Crippen LogP contribution in [0.5, 0.6) is 0 Å². The maximum Gasteiger partial charge on any atom is 0.208 e. The quantitative estimate of drug-likeness (QED) is 0.824. The van der Waals surface area contributed by atoms with Crippen LogP contribution in [0.4, 0.5) is 0 Å². The van der Waals surface area contributed by atoms with Gasteiger partial charge in [0.15, 0.2) is 0 Å². The Morgan fingerprint density at radius 2 is 2.33 bits per heavy atom. The highest BCUT2D eigenvalue weighted by Gasteiger charge is 2.22. The van der Waals surface area contributed by atoms with Crippen molar-refractivity contribution in [1.29, 1.82) is 0 Å². The monoisotopic (exact) mass is 226 g/mol. The summed E-state index contributed by atoms with van der Waals surface area (Å²) < 4.78 is 0. The van der Waals surface area contributed by atoms with Crippen molar-refractivity contribution in [2.24, 2.45) is 0 Å². The van der Waals surface area contributed by atoms with E-state index < -0.39 is 0 Å². The number of hydrogen-bond acceptors (Lipinski definition) is 4. The highest BCUT2D eigenvalue weighted by atomic mass is 32.2. The number of nitrogens with one attached hydrogen (secondary N) is 2. The summed E-state index contributed by atoms with van der Waals surface area (Å²) in [4.78, 5) is 4.33. The van der Waals surface area contributed by atoms with Crippen LogP contribution in [0.3, 0.4) is 0 Å². The van der Waals surface area contributed by atoms with E-state index in [0.29, 0.717) is 11.3 Å². The van der Waals surface area contributed by atoms with Gasteiger partial charge in [-0.05, 0) is 33.2 Å². The van der Waals surface area contributed by atoms with Crippen LogP contribution >= 0.6 is 11.8 Å². The first kappa shape index (κ1) is 11.0. The van der Waals surface area contributed by atoms with Crippen molar-refractivity contribution in [1.82, 2.24) is 20.5 Å². The molecule has 1 heterocycles. The minimum Gasteiger partial charge on any atom is -0.317 e. The Morgan fingerprint density at radius 3 is 3.00 bits per heavy atom. The molecule has 0 spiro atoms. The van der Waals surface area contributed by atoms with Crippen molar-refractivity contribution in [2.75, 3.05) is 7.05 Å². The zero-order valence-electron chi connectivity index (χ0n) is 9.29.